The molecule has 7 unspecified atom stereocenters. The van der Waals surface area contributed by atoms with Crippen molar-refractivity contribution in [3.63, 3.8) is 0 Å². The maximum Gasteiger partial charge on any atom is 0.426 e. The van der Waals surface area contributed by atoms with Crippen LogP contribution in [-0.4, -0.2) is 187 Å². The number of carbonyl (C=O) groups is 4. The second-order valence-electron chi connectivity index (χ2n) is 31.7. The quantitative estimate of drug-likeness (QED) is 0.0196. The number of nitrogens with zero attached hydrogens (tertiary/aromatic N) is 2. The lowest BCUT2D eigenvalue weighted by molar-refractivity contribution is -0.288. The lowest BCUT2D eigenvalue weighted by Crippen LogP contribution is -2.61. The van der Waals surface area contributed by atoms with Crippen molar-refractivity contribution in [1.82, 2.24) is 9.80 Å². The van der Waals surface area contributed by atoms with E-state index in [9.17, 15) is 19.2 Å². The molecule has 111 heavy (non-hydrogen) atoms. The van der Waals surface area contributed by atoms with Crippen molar-refractivity contribution < 1.29 is 133 Å². The summed E-state index contributed by atoms with van der Waals surface area (Å²) in [6, 6.07) is 4.60. The first-order valence-electron chi connectivity index (χ1n) is 35.6. The third-order valence-electron chi connectivity index (χ3n) is 16.8. The zero-order valence-electron chi connectivity index (χ0n) is 68.7. The van der Waals surface area contributed by atoms with Gasteiger partial charge in [0.25, 0.3) is 23.6 Å². The maximum absolute atomic E-state index is 15.3. The Kier molecular flexibility index (Phi) is 33.5. The van der Waals surface area contributed by atoms with E-state index < -0.39 is 192 Å². The molecule has 0 aliphatic carbocycles. The Morgan fingerprint density at radius 2 is 0.577 bits per heavy atom. The molecule has 0 saturated carbocycles. The second-order valence-corrected chi connectivity index (χ2v) is 82.1. The normalized spacial score (nSPS) is 18.5. The molecular formula is C64H114F6N2O24Si15. The molecule has 0 radical (unpaired) electrons. The monoisotopic (exact) mass is 1830 g/mol. The van der Waals surface area contributed by atoms with Gasteiger partial charge in [0.15, 0.2) is 16.6 Å². The Bertz CT molecular complexity index is 3740. The molecule has 0 fully saturated rings. The molecule has 0 N–H and O–H groups in total. The molecule has 4 rings (SSSR count). The molecule has 0 saturated heterocycles. The van der Waals surface area contributed by atoms with Gasteiger partial charge in [-0.3, -0.25) is 83.9 Å². The van der Waals surface area contributed by atoms with Gasteiger partial charge in [0.1, 0.15) is 0 Å². The van der Waals surface area contributed by atoms with Gasteiger partial charge in [-0.15, -0.1) is 46.1 Å². The van der Waals surface area contributed by atoms with Gasteiger partial charge in [0, 0.05) is 13.6 Å². The highest BCUT2D eigenvalue weighted by molar-refractivity contribution is 6.93. The SMILES string of the molecule is C=C[Si](C)(OO[Si](C)(C=C)OO[Si](C)(C=C)OO[Si](C)(C=C)O[Si](C)(C)CCCC)OO[Si](C)(C=C)OO[Si](C)(C=C)OO[Si](C)(C=C)O[Si](C)(C)O[Si](C)(C)O[Si](C)(C)O[Si](C)(C)O[Si](C)(C)O[Si](C)(C)O[Si](C)(C)CCCN1C(=O)c2ccc(C(c3ccc4c(c3)C(=O)N(C)C4=O)(C(F)(F)F)C(F)(F)F)cc2C1=O. The van der Waals surface area contributed by atoms with Crippen LogP contribution in [0.5, 0.6) is 0 Å². The standard InChI is InChI=1S/C64H114F6N2O24Si15/c1-33-41-48-98(12,13)90-110(31,39-7)87-85-108(29,37-5)83-81-106(27,35-3)79-77-105(26,34-2)78-80-107(28,36-4)82-84-109(30,38-6)86-88-111(32,40-8)96-104(24,25)95-103(22,23)94-102(20,21)93-101(18,19)92-100(16,17)91-99(14,15)89-97(10,11)49-42-47-72-60(75)55-46-44-53(51-57(55)61(72)76)62(63(65,66)67,64(68,69)70)52-43-45-54-56(50-52)59(74)71(9)58(54)73/h34-40,43-46,50-51H,2-8,33,41-42,47-49H2,1,9-32H3. The van der Waals surface area contributed by atoms with E-state index in [4.69, 9.17) is 87.8 Å². The summed E-state index contributed by atoms with van der Waals surface area (Å²) in [6.07, 6.45) is -9.97. The Labute approximate surface area is 666 Å². The zero-order chi connectivity index (χ0) is 85.5. The summed E-state index contributed by atoms with van der Waals surface area (Å²) in [5.74, 6) is -3.99. The van der Waals surface area contributed by atoms with E-state index in [-0.39, 0.29) is 24.1 Å². The van der Waals surface area contributed by atoms with Gasteiger partial charge in [-0.2, -0.15) is 26.3 Å². The van der Waals surface area contributed by atoms with E-state index >= 15 is 26.3 Å². The van der Waals surface area contributed by atoms with Crippen molar-refractivity contribution >= 4 is 152 Å². The van der Waals surface area contributed by atoms with Crippen LogP contribution in [-0.2, 0) is 93.3 Å². The Hall–Kier alpha value is -3.07. The lowest BCUT2D eigenvalue weighted by Gasteiger charge is -2.44. The maximum atomic E-state index is 15.3. The van der Waals surface area contributed by atoms with Crippen molar-refractivity contribution in [2.75, 3.05) is 13.6 Å². The molecule has 2 aromatic carbocycles. The van der Waals surface area contributed by atoms with Crippen LogP contribution < -0.4 is 0 Å². The van der Waals surface area contributed by atoms with Crippen LogP contribution in [0.25, 0.3) is 0 Å². The molecule has 2 aliphatic heterocycles. The predicted molar refractivity (Wildman–Crippen MR) is 441 cm³/mol. The smallest absolute Gasteiger partial charge is 0.426 e. The summed E-state index contributed by atoms with van der Waals surface area (Å²) in [5.41, 5.74) is 0.594. The number of halogens is 6. The largest absolute Gasteiger partial charge is 0.436 e. The average molecular weight is 1830 g/mol. The number of hydrogen-bond acceptors (Lipinski definition) is 24. The number of unbranched alkanes of at least 4 members (excludes halogenated alkanes) is 1. The molecule has 2 aromatic rings. The van der Waals surface area contributed by atoms with Crippen LogP contribution in [0.2, 0.25) is 163 Å². The second kappa shape index (κ2) is 37.1. The summed E-state index contributed by atoms with van der Waals surface area (Å²) < 4.78 is 217. The fourth-order valence-corrected chi connectivity index (χ4v) is 65.5. The molecule has 2 heterocycles. The highest BCUT2D eigenvalue weighted by atomic mass is 28.5. The molecule has 0 bridgehead atoms. The summed E-state index contributed by atoms with van der Waals surface area (Å²) >= 11 is 0. The highest BCUT2D eigenvalue weighted by Gasteiger charge is 2.73. The van der Waals surface area contributed by atoms with Crippen LogP contribution >= 0.6 is 0 Å². The molecule has 626 valence electrons. The number of amides is 4. The van der Waals surface area contributed by atoms with E-state index in [2.05, 4.69) is 66.1 Å². The molecular weight excluding hydrogens is 1720 g/mol. The summed E-state index contributed by atoms with van der Waals surface area (Å²) in [4.78, 5) is 54.3. The minimum atomic E-state index is -6.10. The minimum Gasteiger partial charge on any atom is -0.436 e. The van der Waals surface area contributed by atoms with Crippen molar-refractivity contribution in [2.45, 2.75) is 207 Å². The number of alkyl halides is 6. The van der Waals surface area contributed by atoms with Crippen LogP contribution in [0.1, 0.15) is 78.7 Å². The first kappa shape index (κ1) is 100. The van der Waals surface area contributed by atoms with Gasteiger partial charge in [-0.05, 0) is 244 Å². The van der Waals surface area contributed by atoms with E-state index in [1.807, 2.05) is 98.2 Å². The number of rotatable bonds is 50. The van der Waals surface area contributed by atoms with E-state index in [1.165, 1.54) is 34.2 Å². The average Bonchev–Trinajstić information content (AvgIpc) is 1.69. The number of hydrogen-bond donors (Lipinski definition) is 0. The van der Waals surface area contributed by atoms with Crippen LogP contribution in [0.4, 0.5) is 26.3 Å². The Balaban J connectivity index is 1.32. The van der Waals surface area contributed by atoms with Crippen LogP contribution in [0.15, 0.2) is 122 Å². The minimum absolute atomic E-state index is 0.171. The summed E-state index contributed by atoms with van der Waals surface area (Å²) in [7, 11) is -46.9. The van der Waals surface area contributed by atoms with Crippen molar-refractivity contribution in [2.24, 2.45) is 0 Å². The number of carbonyl (C=O) groups excluding carboxylic acids is 4. The molecule has 26 nitrogen and oxygen atoms in total. The highest BCUT2D eigenvalue weighted by Crippen LogP contribution is 2.57. The molecule has 0 aromatic heterocycles. The van der Waals surface area contributed by atoms with Crippen LogP contribution in [0.3, 0.4) is 0 Å². The van der Waals surface area contributed by atoms with E-state index in [0.29, 0.717) is 35.2 Å². The van der Waals surface area contributed by atoms with Gasteiger partial charge >= 0.3 is 124 Å². The first-order chi connectivity index (χ1) is 50.2. The first-order valence-corrected chi connectivity index (χ1v) is 75.5. The Morgan fingerprint density at radius 3 is 0.883 bits per heavy atom. The molecule has 4 amide bonds. The third-order valence-corrected chi connectivity index (χ3v) is 62.3. The van der Waals surface area contributed by atoms with Crippen molar-refractivity contribution in [1.29, 1.82) is 0 Å². The Morgan fingerprint density at radius 1 is 0.333 bits per heavy atom. The fourth-order valence-electron chi connectivity index (χ4n) is 12.0. The van der Waals surface area contributed by atoms with Gasteiger partial charge in [-0.1, -0.05) is 31.9 Å². The number of fused-ring (bicyclic) bond motifs is 2. The molecule has 0 spiro atoms. The van der Waals surface area contributed by atoms with Gasteiger partial charge < -0.3 is 32.9 Å². The van der Waals surface area contributed by atoms with Crippen molar-refractivity contribution in [3.05, 3.63) is 156 Å². The van der Waals surface area contributed by atoms with Crippen molar-refractivity contribution in [3.8, 4) is 0 Å². The topological polar surface area (TPSA) is 259 Å². The lowest BCUT2D eigenvalue weighted by atomic mass is 9.71. The summed E-state index contributed by atoms with van der Waals surface area (Å²) in [6.45, 7) is 71.4. The zero-order valence-corrected chi connectivity index (χ0v) is 83.7. The third kappa shape index (κ3) is 27.2. The molecule has 2 aliphatic rings. The van der Waals surface area contributed by atoms with Gasteiger partial charge in [0.05, 0.1) is 22.3 Å². The predicted octanol–water partition coefficient (Wildman–Crippen LogP) is 17.1. The number of imide groups is 2. The van der Waals surface area contributed by atoms with Gasteiger partial charge in [-0.25, -0.2) is 0 Å². The molecule has 47 heteroatoms. The van der Waals surface area contributed by atoms with E-state index in [0.717, 1.165) is 43.0 Å². The number of benzene rings is 2. The summed E-state index contributed by atoms with van der Waals surface area (Å²) in [5, 5.41) is 0. The van der Waals surface area contributed by atoms with Crippen LogP contribution in [0, 0.1) is 0 Å². The van der Waals surface area contributed by atoms with E-state index in [1.54, 1.807) is 45.0 Å². The molecule has 7 atom stereocenters. The fraction of sp³-hybridized carbons (Fsp3) is 0.531. The van der Waals surface area contributed by atoms with Gasteiger partial charge in [0.2, 0.25) is 5.41 Å².